The van der Waals surface area contributed by atoms with E-state index in [0.717, 1.165) is 23.3 Å². The Hall–Kier alpha value is -1.24. The highest BCUT2D eigenvalue weighted by Crippen LogP contribution is 2.27. The standard InChI is InChI=1S/C14H19ClN2O/c1-10-7-12(15)8-11(13(10)18-4)5-6-17-14(2,3)9-16/h7-8,17H,5-6H2,1-4H3. The third kappa shape index (κ3) is 3.90. The second-order valence-electron chi connectivity index (χ2n) is 4.83. The molecule has 3 nitrogen and oxygen atoms in total. The Kier molecular flexibility index (Phi) is 5.01. The number of benzene rings is 1. The number of nitrogens with one attached hydrogen (secondary N) is 1. The number of nitrogens with zero attached hydrogens (tertiary/aromatic N) is 1. The zero-order valence-corrected chi connectivity index (χ0v) is 12.1. The quantitative estimate of drug-likeness (QED) is 0.891. The van der Waals surface area contributed by atoms with Crippen LogP contribution >= 0.6 is 11.6 Å². The summed E-state index contributed by atoms with van der Waals surface area (Å²) in [6, 6.07) is 6.01. The van der Waals surface area contributed by atoms with Crippen molar-refractivity contribution in [2.45, 2.75) is 32.7 Å². The van der Waals surface area contributed by atoms with Crippen molar-refractivity contribution in [2.75, 3.05) is 13.7 Å². The molecule has 0 amide bonds. The van der Waals surface area contributed by atoms with Crippen LogP contribution in [-0.2, 0) is 6.42 Å². The van der Waals surface area contributed by atoms with Crippen LogP contribution in [0.4, 0.5) is 0 Å². The van der Waals surface area contributed by atoms with E-state index in [1.54, 1.807) is 7.11 Å². The van der Waals surface area contributed by atoms with Crippen molar-refractivity contribution in [2.24, 2.45) is 0 Å². The number of rotatable bonds is 5. The SMILES string of the molecule is COc1c(C)cc(Cl)cc1CCNC(C)(C)C#N. The molecule has 18 heavy (non-hydrogen) atoms. The van der Waals surface area contributed by atoms with Gasteiger partial charge in [0.05, 0.1) is 13.2 Å². The summed E-state index contributed by atoms with van der Waals surface area (Å²) >= 11 is 6.05. The van der Waals surface area contributed by atoms with Crippen molar-refractivity contribution in [3.8, 4) is 11.8 Å². The first kappa shape index (κ1) is 14.8. The molecule has 1 aromatic rings. The molecule has 0 radical (unpaired) electrons. The molecule has 98 valence electrons. The van der Waals surface area contributed by atoms with E-state index in [1.807, 2.05) is 32.9 Å². The number of aryl methyl sites for hydroxylation is 1. The Bertz CT molecular complexity index is 464. The van der Waals surface area contributed by atoms with Crippen LogP contribution in [0.25, 0.3) is 0 Å². The zero-order valence-electron chi connectivity index (χ0n) is 11.3. The van der Waals surface area contributed by atoms with Gasteiger partial charge in [0.1, 0.15) is 11.3 Å². The summed E-state index contributed by atoms with van der Waals surface area (Å²) in [7, 11) is 1.66. The zero-order chi connectivity index (χ0) is 13.8. The van der Waals surface area contributed by atoms with Gasteiger partial charge in [-0.3, -0.25) is 5.32 Å². The maximum Gasteiger partial charge on any atom is 0.125 e. The van der Waals surface area contributed by atoms with E-state index in [-0.39, 0.29) is 0 Å². The molecule has 0 fully saturated rings. The minimum absolute atomic E-state index is 0.513. The Balaban J connectivity index is 2.76. The second kappa shape index (κ2) is 6.08. The van der Waals surface area contributed by atoms with Crippen LogP contribution in [0.2, 0.25) is 5.02 Å². The summed E-state index contributed by atoms with van der Waals surface area (Å²) in [5.74, 6) is 0.871. The van der Waals surface area contributed by atoms with Crippen LogP contribution in [0.1, 0.15) is 25.0 Å². The van der Waals surface area contributed by atoms with Gasteiger partial charge >= 0.3 is 0 Å². The fourth-order valence-corrected chi connectivity index (χ4v) is 2.12. The van der Waals surface area contributed by atoms with E-state index in [0.29, 0.717) is 11.6 Å². The molecular formula is C14H19ClN2O. The molecule has 0 unspecified atom stereocenters. The van der Waals surface area contributed by atoms with E-state index in [1.165, 1.54) is 0 Å². The topological polar surface area (TPSA) is 45.0 Å². The fourth-order valence-electron chi connectivity index (χ4n) is 1.83. The summed E-state index contributed by atoms with van der Waals surface area (Å²) in [5, 5.41) is 12.8. The van der Waals surface area contributed by atoms with Crippen molar-refractivity contribution in [3.63, 3.8) is 0 Å². The van der Waals surface area contributed by atoms with E-state index >= 15 is 0 Å². The summed E-state index contributed by atoms with van der Waals surface area (Å²) in [6.45, 7) is 6.39. The van der Waals surface area contributed by atoms with E-state index in [4.69, 9.17) is 21.6 Å². The van der Waals surface area contributed by atoms with Crippen molar-refractivity contribution in [3.05, 3.63) is 28.3 Å². The van der Waals surface area contributed by atoms with Crippen molar-refractivity contribution < 1.29 is 4.74 Å². The molecule has 0 aliphatic carbocycles. The summed E-state index contributed by atoms with van der Waals surface area (Å²) < 4.78 is 5.39. The van der Waals surface area contributed by atoms with E-state index < -0.39 is 5.54 Å². The van der Waals surface area contributed by atoms with Crippen LogP contribution in [0, 0.1) is 18.3 Å². The summed E-state index contributed by atoms with van der Waals surface area (Å²) in [6.07, 6.45) is 0.773. The monoisotopic (exact) mass is 266 g/mol. The van der Waals surface area contributed by atoms with E-state index in [2.05, 4.69) is 11.4 Å². The lowest BCUT2D eigenvalue weighted by Crippen LogP contribution is -2.38. The predicted octanol–water partition coefficient (Wildman–Crippen LogP) is 3.09. The molecule has 0 atom stereocenters. The molecule has 0 saturated carbocycles. The average Bonchev–Trinajstić information content (AvgIpc) is 2.28. The molecule has 0 saturated heterocycles. The minimum atomic E-state index is -0.513. The van der Waals surface area contributed by atoms with Crippen molar-refractivity contribution in [1.82, 2.24) is 5.32 Å². The van der Waals surface area contributed by atoms with Crippen LogP contribution in [0.5, 0.6) is 5.75 Å². The molecule has 0 aliphatic rings. The Labute approximate surface area is 114 Å². The summed E-state index contributed by atoms with van der Waals surface area (Å²) in [4.78, 5) is 0. The van der Waals surface area contributed by atoms with Crippen molar-refractivity contribution >= 4 is 11.6 Å². The fraction of sp³-hybridized carbons (Fsp3) is 0.500. The third-order valence-electron chi connectivity index (χ3n) is 2.76. The molecule has 4 heteroatoms. The number of hydrogen-bond donors (Lipinski definition) is 1. The lowest BCUT2D eigenvalue weighted by molar-refractivity contribution is 0.404. The Morgan fingerprint density at radius 2 is 2.11 bits per heavy atom. The number of halogens is 1. The smallest absolute Gasteiger partial charge is 0.125 e. The van der Waals surface area contributed by atoms with Gasteiger partial charge in [-0.15, -0.1) is 0 Å². The molecule has 0 aliphatic heterocycles. The van der Waals surface area contributed by atoms with Gasteiger partial charge in [-0.25, -0.2) is 0 Å². The van der Waals surface area contributed by atoms with Gasteiger partial charge in [0.15, 0.2) is 0 Å². The van der Waals surface area contributed by atoms with Gasteiger partial charge in [-0.2, -0.15) is 5.26 Å². The lowest BCUT2D eigenvalue weighted by atomic mass is 10.0. The molecule has 0 aromatic heterocycles. The molecule has 1 aromatic carbocycles. The van der Waals surface area contributed by atoms with Crippen molar-refractivity contribution in [1.29, 1.82) is 5.26 Å². The first-order chi connectivity index (χ1) is 8.39. The third-order valence-corrected chi connectivity index (χ3v) is 2.98. The molecule has 0 bridgehead atoms. The van der Waals surface area contributed by atoms with Gasteiger partial charge in [0, 0.05) is 11.6 Å². The van der Waals surface area contributed by atoms with Crippen LogP contribution in [0.15, 0.2) is 12.1 Å². The average molecular weight is 267 g/mol. The van der Waals surface area contributed by atoms with Crippen LogP contribution < -0.4 is 10.1 Å². The Morgan fingerprint density at radius 3 is 2.67 bits per heavy atom. The number of hydrogen-bond acceptors (Lipinski definition) is 3. The molecule has 0 spiro atoms. The highest BCUT2D eigenvalue weighted by molar-refractivity contribution is 6.30. The molecule has 1 N–H and O–H groups in total. The maximum absolute atomic E-state index is 8.92. The first-order valence-corrected chi connectivity index (χ1v) is 6.26. The maximum atomic E-state index is 8.92. The van der Waals surface area contributed by atoms with Gasteiger partial charge < -0.3 is 4.74 Å². The highest BCUT2D eigenvalue weighted by atomic mass is 35.5. The second-order valence-corrected chi connectivity index (χ2v) is 5.27. The normalized spacial score (nSPS) is 11.1. The summed E-state index contributed by atoms with van der Waals surface area (Å²) in [5.41, 5.74) is 1.57. The van der Waals surface area contributed by atoms with Gasteiger partial charge in [-0.1, -0.05) is 11.6 Å². The van der Waals surface area contributed by atoms with Gasteiger partial charge in [-0.05, 0) is 50.5 Å². The minimum Gasteiger partial charge on any atom is -0.496 e. The molecular weight excluding hydrogens is 248 g/mol. The molecule has 0 heterocycles. The number of methoxy groups -OCH3 is 1. The van der Waals surface area contributed by atoms with Gasteiger partial charge in [0.2, 0.25) is 0 Å². The lowest BCUT2D eigenvalue weighted by Gasteiger charge is -2.18. The largest absolute Gasteiger partial charge is 0.496 e. The highest BCUT2D eigenvalue weighted by Gasteiger charge is 2.15. The van der Waals surface area contributed by atoms with Crippen LogP contribution in [-0.4, -0.2) is 19.2 Å². The Morgan fingerprint density at radius 1 is 1.44 bits per heavy atom. The first-order valence-electron chi connectivity index (χ1n) is 5.89. The van der Waals surface area contributed by atoms with Gasteiger partial charge in [0.25, 0.3) is 0 Å². The van der Waals surface area contributed by atoms with E-state index in [9.17, 15) is 0 Å². The molecule has 1 rings (SSSR count). The number of nitriles is 1. The van der Waals surface area contributed by atoms with Crippen LogP contribution in [0.3, 0.4) is 0 Å². The predicted molar refractivity (Wildman–Crippen MR) is 74.1 cm³/mol. The number of ether oxygens (including phenoxy) is 1.